The van der Waals surface area contributed by atoms with E-state index in [-0.39, 0.29) is 17.0 Å². The quantitative estimate of drug-likeness (QED) is 0.746. The molecule has 140 valence electrons. The minimum absolute atomic E-state index is 0.136. The van der Waals surface area contributed by atoms with Crippen LogP contribution in [0, 0.1) is 0 Å². The Hall–Kier alpha value is -2.21. The van der Waals surface area contributed by atoms with Gasteiger partial charge in [0.25, 0.3) is 11.5 Å². The highest BCUT2D eigenvalue weighted by Crippen LogP contribution is 2.29. The van der Waals surface area contributed by atoms with Crippen LogP contribution in [0.25, 0.3) is 10.8 Å². The summed E-state index contributed by atoms with van der Waals surface area (Å²) in [4.78, 5) is 25.7. The SMILES string of the molecule is CCCCCn1nc(C(=O)NC2(CN)CCCC2)c2ccccc2c1=O. The Morgan fingerprint density at radius 3 is 2.58 bits per heavy atom. The second kappa shape index (κ2) is 7.99. The van der Waals surface area contributed by atoms with Crippen molar-refractivity contribution in [3.8, 4) is 0 Å². The van der Waals surface area contributed by atoms with E-state index in [0.29, 0.717) is 29.6 Å². The van der Waals surface area contributed by atoms with E-state index in [1.165, 1.54) is 4.68 Å². The average Bonchev–Trinajstić information content (AvgIpc) is 3.12. The van der Waals surface area contributed by atoms with Gasteiger partial charge >= 0.3 is 0 Å². The van der Waals surface area contributed by atoms with E-state index >= 15 is 0 Å². The minimum atomic E-state index is -0.344. The molecule has 1 fully saturated rings. The molecule has 0 spiro atoms. The number of rotatable bonds is 7. The van der Waals surface area contributed by atoms with Crippen molar-refractivity contribution in [1.29, 1.82) is 0 Å². The van der Waals surface area contributed by atoms with Crippen LogP contribution in [0.5, 0.6) is 0 Å². The predicted octanol–water partition coefficient (Wildman–Crippen LogP) is 2.59. The molecule has 0 radical (unpaired) electrons. The standard InChI is InChI=1S/C20H28N4O2/c1-2-3-8-13-24-19(26)16-10-5-4-9-15(16)17(23-24)18(25)22-20(14-21)11-6-7-12-20/h4-5,9-10H,2-3,6-8,11-14,21H2,1H3,(H,22,25). The summed E-state index contributed by atoms with van der Waals surface area (Å²) in [5.74, 6) is -0.238. The molecule has 0 aliphatic heterocycles. The molecule has 0 unspecified atom stereocenters. The molecule has 0 bridgehead atoms. The number of hydrogen-bond donors (Lipinski definition) is 2. The van der Waals surface area contributed by atoms with Gasteiger partial charge < -0.3 is 11.1 Å². The molecule has 0 saturated heterocycles. The molecular weight excluding hydrogens is 328 g/mol. The van der Waals surface area contributed by atoms with Gasteiger partial charge in [0, 0.05) is 18.5 Å². The molecule has 1 aliphatic rings. The Balaban J connectivity index is 1.99. The molecule has 1 aromatic carbocycles. The number of nitrogens with zero attached hydrogens (tertiary/aromatic N) is 2. The number of benzene rings is 1. The molecule has 3 N–H and O–H groups in total. The van der Waals surface area contributed by atoms with Crippen LogP contribution >= 0.6 is 0 Å². The maximum Gasteiger partial charge on any atom is 0.274 e. The van der Waals surface area contributed by atoms with E-state index < -0.39 is 0 Å². The number of carbonyl (C=O) groups excluding carboxylic acids is 1. The van der Waals surface area contributed by atoms with E-state index in [1.54, 1.807) is 12.1 Å². The third kappa shape index (κ3) is 3.65. The summed E-state index contributed by atoms with van der Waals surface area (Å²) in [5, 5.41) is 8.70. The first-order chi connectivity index (χ1) is 12.6. The average molecular weight is 356 g/mol. The van der Waals surface area contributed by atoms with E-state index in [2.05, 4.69) is 17.3 Å². The second-order valence-corrected chi connectivity index (χ2v) is 7.28. The van der Waals surface area contributed by atoms with Crippen molar-refractivity contribution < 1.29 is 4.79 Å². The van der Waals surface area contributed by atoms with Crippen molar-refractivity contribution in [3.63, 3.8) is 0 Å². The van der Waals surface area contributed by atoms with Gasteiger partial charge in [-0.25, -0.2) is 4.68 Å². The van der Waals surface area contributed by atoms with Crippen LogP contribution in [0.2, 0.25) is 0 Å². The number of aryl methyl sites for hydroxylation is 1. The highest BCUT2D eigenvalue weighted by Gasteiger charge is 2.35. The Bertz CT molecular complexity index is 837. The van der Waals surface area contributed by atoms with Gasteiger partial charge in [-0.05, 0) is 25.3 Å². The molecule has 1 aliphatic carbocycles. The molecule has 2 aromatic rings. The smallest absolute Gasteiger partial charge is 0.274 e. The summed E-state index contributed by atoms with van der Waals surface area (Å²) < 4.78 is 1.44. The van der Waals surface area contributed by atoms with Crippen LogP contribution in [0.1, 0.15) is 62.4 Å². The fraction of sp³-hybridized carbons (Fsp3) is 0.550. The highest BCUT2D eigenvalue weighted by molar-refractivity contribution is 6.05. The zero-order valence-electron chi connectivity index (χ0n) is 15.5. The second-order valence-electron chi connectivity index (χ2n) is 7.28. The first kappa shape index (κ1) is 18.6. The summed E-state index contributed by atoms with van der Waals surface area (Å²) in [5.41, 5.74) is 5.79. The number of unbranched alkanes of at least 4 members (excludes halogenated alkanes) is 2. The molecule has 6 heteroatoms. The third-order valence-electron chi connectivity index (χ3n) is 5.39. The van der Waals surface area contributed by atoms with E-state index in [1.807, 2.05) is 12.1 Å². The number of carbonyl (C=O) groups is 1. The number of hydrogen-bond acceptors (Lipinski definition) is 4. The fourth-order valence-corrected chi connectivity index (χ4v) is 3.80. The summed E-state index contributed by atoms with van der Waals surface area (Å²) >= 11 is 0. The first-order valence-electron chi connectivity index (χ1n) is 9.63. The largest absolute Gasteiger partial charge is 0.344 e. The topological polar surface area (TPSA) is 90.0 Å². The van der Waals surface area contributed by atoms with Crippen molar-refractivity contribution in [3.05, 3.63) is 40.3 Å². The first-order valence-corrected chi connectivity index (χ1v) is 9.63. The summed E-state index contributed by atoms with van der Waals surface area (Å²) in [6.45, 7) is 3.07. The van der Waals surface area contributed by atoms with Crippen molar-refractivity contribution in [2.75, 3.05) is 6.54 Å². The van der Waals surface area contributed by atoms with Gasteiger partial charge in [0.1, 0.15) is 0 Å². The van der Waals surface area contributed by atoms with Crippen LogP contribution < -0.4 is 16.6 Å². The summed E-state index contributed by atoms with van der Waals surface area (Å²) in [6, 6.07) is 7.20. The Morgan fingerprint density at radius 1 is 1.23 bits per heavy atom. The predicted molar refractivity (Wildman–Crippen MR) is 103 cm³/mol. The number of nitrogens with one attached hydrogen (secondary N) is 1. The summed E-state index contributed by atoms with van der Waals surface area (Å²) in [6.07, 6.45) is 6.89. The van der Waals surface area contributed by atoms with Crippen molar-refractivity contribution in [2.24, 2.45) is 5.73 Å². The Kier molecular flexibility index (Phi) is 5.71. The Labute approximate surface area is 153 Å². The zero-order chi connectivity index (χ0) is 18.6. The molecule has 0 atom stereocenters. The maximum atomic E-state index is 13.0. The summed E-state index contributed by atoms with van der Waals surface area (Å²) in [7, 11) is 0. The molecule has 1 heterocycles. The molecule has 1 amide bonds. The normalized spacial score (nSPS) is 16.1. The lowest BCUT2D eigenvalue weighted by molar-refractivity contribution is 0.0897. The monoisotopic (exact) mass is 356 g/mol. The number of aromatic nitrogens is 2. The molecule has 26 heavy (non-hydrogen) atoms. The van der Waals surface area contributed by atoms with Gasteiger partial charge in [0.2, 0.25) is 0 Å². The lowest BCUT2D eigenvalue weighted by Gasteiger charge is -2.28. The van der Waals surface area contributed by atoms with Crippen LogP contribution in [0.15, 0.2) is 29.1 Å². The van der Waals surface area contributed by atoms with E-state index in [0.717, 1.165) is 44.9 Å². The third-order valence-corrected chi connectivity index (χ3v) is 5.39. The zero-order valence-corrected chi connectivity index (χ0v) is 15.5. The highest BCUT2D eigenvalue weighted by atomic mass is 16.2. The van der Waals surface area contributed by atoms with Gasteiger partial charge in [-0.15, -0.1) is 0 Å². The lowest BCUT2D eigenvalue weighted by atomic mass is 9.97. The number of fused-ring (bicyclic) bond motifs is 1. The van der Waals surface area contributed by atoms with Gasteiger partial charge in [-0.3, -0.25) is 9.59 Å². The molecule has 6 nitrogen and oxygen atoms in total. The fourth-order valence-electron chi connectivity index (χ4n) is 3.80. The van der Waals surface area contributed by atoms with E-state index in [9.17, 15) is 9.59 Å². The molecule has 3 rings (SSSR count). The van der Waals surface area contributed by atoms with Gasteiger partial charge in [0.05, 0.1) is 10.9 Å². The van der Waals surface area contributed by atoms with Crippen molar-refractivity contribution >= 4 is 16.7 Å². The van der Waals surface area contributed by atoms with E-state index in [4.69, 9.17) is 5.73 Å². The van der Waals surface area contributed by atoms with Crippen LogP contribution in [0.4, 0.5) is 0 Å². The van der Waals surface area contributed by atoms with Gasteiger partial charge in [0.15, 0.2) is 5.69 Å². The number of amides is 1. The van der Waals surface area contributed by atoms with Crippen molar-refractivity contribution in [2.45, 2.75) is 64.0 Å². The van der Waals surface area contributed by atoms with Crippen LogP contribution in [-0.4, -0.2) is 27.8 Å². The molecule has 1 saturated carbocycles. The van der Waals surface area contributed by atoms with Gasteiger partial charge in [-0.2, -0.15) is 5.10 Å². The van der Waals surface area contributed by atoms with Crippen LogP contribution in [0.3, 0.4) is 0 Å². The van der Waals surface area contributed by atoms with Crippen LogP contribution in [-0.2, 0) is 6.54 Å². The lowest BCUT2D eigenvalue weighted by Crippen LogP contribution is -2.52. The molecule has 1 aromatic heterocycles. The maximum absolute atomic E-state index is 13.0. The van der Waals surface area contributed by atoms with Crippen molar-refractivity contribution in [1.82, 2.24) is 15.1 Å². The van der Waals surface area contributed by atoms with Gasteiger partial charge in [-0.1, -0.05) is 50.8 Å². The Morgan fingerprint density at radius 2 is 1.92 bits per heavy atom. The molecular formula is C20H28N4O2. The number of nitrogens with two attached hydrogens (primary N) is 1. The minimum Gasteiger partial charge on any atom is -0.344 e.